The lowest BCUT2D eigenvalue weighted by Gasteiger charge is -2.29. The molecule has 0 spiro atoms. The molecule has 2 rings (SSSR count). The fourth-order valence-electron chi connectivity index (χ4n) is 2.27. The predicted octanol–water partition coefficient (Wildman–Crippen LogP) is 2.67. The number of carbonyl (C=O) groups is 1. The zero-order valence-electron chi connectivity index (χ0n) is 11.8. The first kappa shape index (κ1) is 13.1. The summed E-state index contributed by atoms with van der Waals surface area (Å²) < 4.78 is 0. The Morgan fingerprint density at radius 1 is 1.39 bits per heavy atom. The van der Waals surface area contributed by atoms with Gasteiger partial charge in [-0.2, -0.15) is 0 Å². The van der Waals surface area contributed by atoms with Gasteiger partial charge in [0.1, 0.15) is 0 Å². The Morgan fingerprint density at radius 3 is 2.72 bits per heavy atom. The van der Waals surface area contributed by atoms with Crippen LogP contribution in [0.2, 0.25) is 0 Å². The van der Waals surface area contributed by atoms with Crippen LogP contribution in [0.5, 0.6) is 0 Å². The summed E-state index contributed by atoms with van der Waals surface area (Å²) in [5.74, 6) is 0.237. The van der Waals surface area contributed by atoms with Gasteiger partial charge < -0.3 is 4.90 Å². The van der Waals surface area contributed by atoms with Gasteiger partial charge in [-0.25, -0.2) is 0 Å². The quantitative estimate of drug-likeness (QED) is 0.763. The Balaban J connectivity index is 2.24. The first-order chi connectivity index (χ1) is 8.41. The number of amides is 1. The Hall–Kier alpha value is -1.38. The molecule has 0 saturated heterocycles. The lowest BCUT2D eigenvalue weighted by Crippen LogP contribution is -2.36. The molecule has 98 valence electrons. The molecule has 0 aliphatic carbocycles. The van der Waals surface area contributed by atoms with Gasteiger partial charge in [-0.1, -0.05) is 33.8 Å². The number of pyridine rings is 1. The van der Waals surface area contributed by atoms with Crippen LogP contribution in [0.25, 0.3) is 0 Å². The van der Waals surface area contributed by atoms with E-state index in [1.54, 1.807) is 0 Å². The third kappa shape index (κ3) is 2.55. The molecule has 1 aliphatic rings. The summed E-state index contributed by atoms with van der Waals surface area (Å²) >= 11 is 0. The highest BCUT2D eigenvalue weighted by atomic mass is 16.2. The standard InChI is InChI=1S/C15H22N2O/c1-5-14(18)17-9-8-12-11(10-17)6-7-13(16-12)15(2,3)4/h6-7H,5,8-10H2,1-4H3. The highest BCUT2D eigenvalue weighted by Gasteiger charge is 2.23. The Bertz CT molecular complexity index is 460. The normalized spacial score (nSPS) is 15.4. The Morgan fingerprint density at radius 2 is 2.11 bits per heavy atom. The van der Waals surface area contributed by atoms with Crippen LogP contribution < -0.4 is 0 Å². The summed E-state index contributed by atoms with van der Waals surface area (Å²) in [4.78, 5) is 18.4. The molecular formula is C15H22N2O. The van der Waals surface area contributed by atoms with Crippen molar-refractivity contribution in [3.63, 3.8) is 0 Å². The number of aromatic nitrogens is 1. The van der Waals surface area contributed by atoms with Crippen molar-refractivity contribution in [1.29, 1.82) is 0 Å². The average Bonchev–Trinajstić information content (AvgIpc) is 2.35. The van der Waals surface area contributed by atoms with Crippen LogP contribution >= 0.6 is 0 Å². The number of hydrogen-bond donors (Lipinski definition) is 0. The third-order valence-electron chi connectivity index (χ3n) is 3.47. The third-order valence-corrected chi connectivity index (χ3v) is 3.47. The maximum atomic E-state index is 11.7. The van der Waals surface area contributed by atoms with E-state index < -0.39 is 0 Å². The molecule has 3 nitrogen and oxygen atoms in total. The van der Waals surface area contributed by atoms with E-state index in [2.05, 4.69) is 32.9 Å². The summed E-state index contributed by atoms with van der Waals surface area (Å²) in [5.41, 5.74) is 3.60. The molecule has 1 amide bonds. The number of hydrogen-bond acceptors (Lipinski definition) is 2. The molecule has 0 atom stereocenters. The fraction of sp³-hybridized carbons (Fsp3) is 0.600. The van der Waals surface area contributed by atoms with Gasteiger partial charge in [-0.15, -0.1) is 0 Å². The van der Waals surface area contributed by atoms with Crippen molar-refractivity contribution in [1.82, 2.24) is 9.88 Å². The van der Waals surface area contributed by atoms with E-state index in [1.165, 1.54) is 11.3 Å². The van der Waals surface area contributed by atoms with Crippen molar-refractivity contribution in [3.8, 4) is 0 Å². The van der Waals surface area contributed by atoms with Crippen molar-refractivity contribution in [3.05, 3.63) is 29.1 Å². The Kier molecular flexibility index (Phi) is 3.42. The van der Waals surface area contributed by atoms with Gasteiger partial charge in [-0.3, -0.25) is 9.78 Å². The van der Waals surface area contributed by atoms with Crippen LogP contribution in [-0.2, 0) is 23.2 Å². The molecule has 0 aromatic carbocycles. The molecular weight excluding hydrogens is 224 g/mol. The number of rotatable bonds is 1. The van der Waals surface area contributed by atoms with Crippen LogP contribution in [0, 0.1) is 0 Å². The summed E-state index contributed by atoms with van der Waals surface area (Å²) in [6, 6.07) is 4.23. The summed E-state index contributed by atoms with van der Waals surface area (Å²) in [5, 5.41) is 0. The Labute approximate surface area is 109 Å². The molecule has 3 heteroatoms. The van der Waals surface area contributed by atoms with E-state index in [0.29, 0.717) is 6.42 Å². The SMILES string of the molecule is CCC(=O)N1CCc2nc(C(C)(C)C)ccc2C1. The summed E-state index contributed by atoms with van der Waals surface area (Å²) in [6.07, 6.45) is 1.47. The molecule has 0 radical (unpaired) electrons. The van der Waals surface area contributed by atoms with Crippen molar-refractivity contribution in [2.45, 2.75) is 52.5 Å². The lowest BCUT2D eigenvalue weighted by molar-refractivity contribution is -0.131. The largest absolute Gasteiger partial charge is 0.338 e. The summed E-state index contributed by atoms with van der Waals surface area (Å²) in [7, 11) is 0. The minimum Gasteiger partial charge on any atom is -0.338 e. The molecule has 0 N–H and O–H groups in total. The molecule has 0 bridgehead atoms. The van der Waals surface area contributed by atoms with Crippen molar-refractivity contribution in [2.24, 2.45) is 0 Å². The van der Waals surface area contributed by atoms with Crippen LogP contribution in [0.1, 0.15) is 51.1 Å². The van der Waals surface area contributed by atoms with Crippen LogP contribution in [0.3, 0.4) is 0 Å². The molecule has 0 unspecified atom stereocenters. The van der Waals surface area contributed by atoms with E-state index in [1.807, 2.05) is 11.8 Å². The molecule has 1 aliphatic heterocycles. The predicted molar refractivity (Wildman–Crippen MR) is 72.3 cm³/mol. The maximum Gasteiger partial charge on any atom is 0.222 e. The molecule has 1 aromatic heterocycles. The van der Waals surface area contributed by atoms with E-state index >= 15 is 0 Å². The molecule has 0 fully saturated rings. The second-order valence-electron chi connectivity index (χ2n) is 5.97. The first-order valence-corrected chi connectivity index (χ1v) is 6.69. The highest BCUT2D eigenvalue weighted by molar-refractivity contribution is 5.76. The second kappa shape index (κ2) is 4.71. The zero-order chi connectivity index (χ0) is 13.3. The van der Waals surface area contributed by atoms with Gasteiger partial charge in [0, 0.05) is 42.7 Å². The topological polar surface area (TPSA) is 33.2 Å². The monoisotopic (exact) mass is 246 g/mol. The first-order valence-electron chi connectivity index (χ1n) is 6.69. The second-order valence-corrected chi connectivity index (χ2v) is 5.97. The van der Waals surface area contributed by atoms with Gasteiger partial charge in [-0.05, 0) is 11.6 Å². The van der Waals surface area contributed by atoms with E-state index in [-0.39, 0.29) is 11.3 Å². The molecule has 18 heavy (non-hydrogen) atoms. The van der Waals surface area contributed by atoms with Crippen LogP contribution in [-0.4, -0.2) is 22.3 Å². The maximum absolute atomic E-state index is 11.7. The minimum atomic E-state index is 0.0887. The molecule has 2 heterocycles. The van der Waals surface area contributed by atoms with Gasteiger partial charge >= 0.3 is 0 Å². The van der Waals surface area contributed by atoms with Crippen molar-refractivity contribution in [2.75, 3.05) is 6.54 Å². The van der Waals surface area contributed by atoms with Gasteiger partial charge in [0.15, 0.2) is 0 Å². The van der Waals surface area contributed by atoms with Gasteiger partial charge in [0.25, 0.3) is 0 Å². The minimum absolute atomic E-state index is 0.0887. The fourth-order valence-corrected chi connectivity index (χ4v) is 2.27. The van der Waals surface area contributed by atoms with Gasteiger partial charge in [0.2, 0.25) is 5.91 Å². The summed E-state index contributed by atoms with van der Waals surface area (Å²) in [6.45, 7) is 9.98. The molecule has 0 saturated carbocycles. The van der Waals surface area contributed by atoms with Crippen LogP contribution in [0.4, 0.5) is 0 Å². The highest BCUT2D eigenvalue weighted by Crippen LogP contribution is 2.24. The lowest BCUT2D eigenvalue weighted by atomic mass is 9.90. The van der Waals surface area contributed by atoms with E-state index in [4.69, 9.17) is 4.98 Å². The number of carbonyl (C=O) groups excluding carboxylic acids is 1. The average molecular weight is 246 g/mol. The van der Waals surface area contributed by atoms with E-state index in [9.17, 15) is 4.79 Å². The van der Waals surface area contributed by atoms with E-state index in [0.717, 1.165) is 25.2 Å². The van der Waals surface area contributed by atoms with Crippen LogP contribution in [0.15, 0.2) is 12.1 Å². The zero-order valence-corrected chi connectivity index (χ0v) is 11.8. The van der Waals surface area contributed by atoms with Crippen molar-refractivity contribution < 1.29 is 4.79 Å². The van der Waals surface area contributed by atoms with Gasteiger partial charge in [0.05, 0.1) is 0 Å². The number of fused-ring (bicyclic) bond motifs is 1. The smallest absolute Gasteiger partial charge is 0.222 e. The molecule has 1 aromatic rings. The van der Waals surface area contributed by atoms with Crippen molar-refractivity contribution >= 4 is 5.91 Å². The number of nitrogens with zero attached hydrogens (tertiary/aromatic N) is 2.